The Morgan fingerprint density at radius 3 is 2.31 bits per heavy atom. The first-order valence-electron chi connectivity index (χ1n) is 10.4. The van der Waals surface area contributed by atoms with Gasteiger partial charge >= 0.3 is 0 Å². The molecule has 1 saturated heterocycles. The highest BCUT2D eigenvalue weighted by molar-refractivity contribution is 14.0. The van der Waals surface area contributed by atoms with Crippen molar-refractivity contribution >= 4 is 29.9 Å². The van der Waals surface area contributed by atoms with Crippen LogP contribution >= 0.6 is 24.0 Å². The van der Waals surface area contributed by atoms with Gasteiger partial charge in [-0.05, 0) is 78.5 Å². The number of benzene rings is 1. The number of aliphatic imine (C=N–C) groups is 1. The SMILES string of the molecule is CCNC(=NCC(C)(C)N(C)C)NCC(c1ccc(OC)cc1)N1CCCC1.I. The average Bonchev–Trinajstić information content (AvgIpc) is 3.21. The molecule has 1 heterocycles. The van der Waals surface area contributed by atoms with Crippen molar-refractivity contribution in [2.24, 2.45) is 4.99 Å². The number of hydrogen-bond acceptors (Lipinski definition) is 4. The van der Waals surface area contributed by atoms with Gasteiger partial charge in [0.1, 0.15) is 5.75 Å². The van der Waals surface area contributed by atoms with E-state index in [1.54, 1.807) is 7.11 Å². The summed E-state index contributed by atoms with van der Waals surface area (Å²) in [4.78, 5) is 9.62. The fourth-order valence-electron chi connectivity index (χ4n) is 3.29. The van der Waals surface area contributed by atoms with E-state index in [0.29, 0.717) is 6.04 Å². The van der Waals surface area contributed by atoms with E-state index in [1.165, 1.54) is 18.4 Å². The molecule has 0 bridgehead atoms. The van der Waals surface area contributed by atoms with Crippen LogP contribution in [0.1, 0.15) is 45.2 Å². The van der Waals surface area contributed by atoms with E-state index in [2.05, 4.69) is 79.6 Å². The van der Waals surface area contributed by atoms with Gasteiger partial charge in [0.15, 0.2) is 5.96 Å². The summed E-state index contributed by atoms with van der Waals surface area (Å²) in [6.07, 6.45) is 2.55. The second kappa shape index (κ2) is 12.6. The highest BCUT2D eigenvalue weighted by Gasteiger charge is 2.24. The lowest BCUT2D eigenvalue weighted by Crippen LogP contribution is -2.45. The number of likely N-dealkylation sites (tertiary alicyclic amines) is 1. The largest absolute Gasteiger partial charge is 0.497 e. The summed E-state index contributed by atoms with van der Waals surface area (Å²) in [5.74, 6) is 1.79. The predicted molar refractivity (Wildman–Crippen MR) is 134 cm³/mol. The molecule has 0 amide bonds. The third kappa shape index (κ3) is 7.94. The molecule has 2 N–H and O–H groups in total. The topological polar surface area (TPSA) is 52.1 Å². The molecule has 1 aromatic rings. The van der Waals surface area contributed by atoms with Gasteiger partial charge in [-0.1, -0.05) is 12.1 Å². The monoisotopic (exact) mass is 517 g/mol. The van der Waals surface area contributed by atoms with E-state index >= 15 is 0 Å². The van der Waals surface area contributed by atoms with Gasteiger partial charge in [-0.15, -0.1) is 24.0 Å². The van der Waals surface area contributed by atoms with Crippen LogP contribution in [0.25, 0.3) is 0 Å². The Balaban J connectivity index is 0.00000420. The Kier molecular flexibility index (Phi) is 11.3. The molecule has 1 unspecified atom stereocenters. The molecule has 0 aliphatic carbocycles. The van der Waals surface area contributed by atoms with E-state index in [1.807, 2.05) is 0 Å². The number of nitrogens with one attached hydrogen (secondary N) is 2. The highest BCUT2D eigenvalue weighted by atomic mass is 127. The zero-order valence-corrected chi connectivity index (χ0v) is 21.3. The summed E-state index contributed by atoms with van der Waals surface area (Å²) < 4.78 is 5.33. The average molecular weight is 518 g/mol. The van der Waals surface area contributed by atoms with Crippen molar-refractivity contribution in [3.63, 3.8) is 0 Å². The first-order valence-corrected chi connectivity index (χ1v) is 10.4. The van der Waals surface area contributed by atoms with Gasteiger partial charge in [0.05, 0.1) is 19.7 Å². The fourth-order valence-corrected chi connectivity index (χ4v) is 3.29. The zero-order valence-electron chi connectivity index (χ0n) is 19.0. The fraction of sp³-hybridized carbons (Fsp3) is 0.682. The number of methoxy groups -OCH3 is 1. The van der Waals surface area contributed by atoms with Crippen LogP contribution in [0.5, 0.6) is 5.75 Å². The lowest BCUT2D eigenvalue weighted by Gasteiger charge is -2.31. The molecule has 0 aromatic heterocycles. The molecule has 166 valence electrons. The Labute approximate surface area is 194 Å². The maximum atomic E-state index is 5.33. The first kappa shape index (κ1) is 26.0. The Hall–Kier alpha value is -1.06. The molecule has 1 aromatic carbocycles. The van der Waals surface area contributed by atoms with Crippen molar-refractivity contribution in [3.05, 3.63) is 29.8 Å². The second-order valence-corrected chi connectivity index (χ2v) is 8.31. The van der Waals surface area contributed by atoms with E-state index in [0.717, 1.165) is 44.4 Å². The van der Waals surface area contributed by atoms with Crippen molar-refractivity contribution in [2.45, 2.75) is 45.2 Å². The molecule has 7 heteroatoms. The standard InChI is InChI=1S/C22H39N5O.HI/c1-7-23-21(25-17-22(2,3)26(4)5)24-16-20(27-14-8-9-15-27)18-10-12-19(28-6)13-11-18;/h10-13,20H,7-9,14-17H2,1-6H3,(H2,23,24,25);1H. The molecule has 1 fully saturated rings. The third-order valence-corrected chi connectivity index (χ3v) is 5.72. The number of nitrogens with zero attached hydrogens (tertiary/aromatic N) is 3. The second-order valence-electron chi connectivity index (χ2n) is 8.31. The first-order chi connectivity index (χ1) is 13.4. The Bertz CT molecular complexity index is 612. The molecule has 6 nitrogen and oxygen atoms in total. The number of halogens is 1. The lowest BCUT2D eigenvalue weighted by atomic mass is 10.0. The molecule has 2 rings (SSSR count). The normalized spacial score (nSPS) is 16.4. The van der Waals surface area contributed by atoms with E-state index in [-0.39, 0.29) is 29.5 Å². The minimum atomic E-state index is 0. The van der Waals surface area contributed by atoms with Crippen molar-refractivity contribution in [1.82, 2.24) is 20.4 Å². The summed E-state index contributed by atoms with van der Waals surface area (Å²) in [5.41, 5.74) is 1.34. The van der Waals surface area contributed by atoms with Crippen molar-refractivity contribution in [1.29, 1.82) is 0 Å². The summed E-state index contributed by atoms with van der Waals surface area (Å²) in [5, 5.41) is 6.98. The van der Waals surface area contributed by atoms with E-state index in [4.69, 9.17) is 9.73 Å². The molecule has 0 saturated carbocycles. The Morgan fingerprint density at radius 1 is 1.17 bits per heavy atom. The van der Waals surface area contributed by atoms with Crippen LogP contribution in [-0.4, -0.2) is 75.2 Å². The van der Waals surface area contributed by atoms with Crippen LogP contribution in [0.4, 0.5) is 0 Å². The summed E-state index contributed by atoms with van der Waals surface area (Å²) in [7, 11) is 5.91. The predicted octanol–water partition coefficient (Wildman–Crippen LogP) is 3.35. The summed E-state index contributed by atoms with van der Waals surface area (Å²) in [6.45, 7) is 11.3. The van der Waals surface area contributed by atoms with Crippen LogP contribution in [0.2, 0.25) is 0 Å². The van der Waals surface area contributed by atoms with E-state index in [9.17, 15) is 0 Å². The van der Waals surface area contributed by atoms with Gasteiger partial charge in [-0.3, -0.25) is 9.89 Å². The van der Waals surface area contributed by atoms with Crippen LogP contribution < -0.4 is 15.4 Å². The number of likely N-dealkylation sites (N-methyl/N-ethyl adjacent to an activating group) is 1. The maximum absolute atomic E-state index is 5.33. The van der Waals surface area contributed by atoms with Gasteiger partial charge in [0, 0.05) is 18.6 Å². The highest BCUT2D eigenvalue weighted by Crippen LogP contribution is 2.26. The van der Waals surface area contributed by atoms with Crippen LogP contribution in [-0.2, 0) is 0 Å². The zero-order chi connectivity index (χ0) is 20.6. The molecule has 1 aliphatic rings. The quantitative estimate of drug-likeness (QED) is 0.299. The van der Waals surface area contributed by atoms with Crippen molar-refractivity contribution in [2.75, 3.05) is 53.9 Å². The molecule has 0 radical (unpaired) electrons. The third-order valence-electron chi connectivity index (χ3n) is 5.72. The van der Waals surface area contributed by atoms with Crippen LogP contribution in [0.3, 0.4) is 0 Å². The number of ether oxygens (including phenoxy) is 1. The van der Waals surface area contributed by atoms with E-state index < -0.39 is 0 Å². The van der Waals surface area contributed by atoms with Crippen LogP contribution in [0, 0.1) is 0 Å². The van der Waals surface area contributed by atoms with Gasteiger partial charge in [0.2, 0.25) is 0 Å². The summed E-state index contributed by atoms with van der Waals surface area (Å²) in [6, 6.07) is 8.80. The molecule has 1 atom stereocenters. The molecule has 0 spiro atoms. The molecule has 29 heavy (non-hydrogen) atoms. The number of guanidine groups is 1. The number of rotatable bonds is 9. The van der Waals surface area contributed by atoms with Gasteiger partial charge in [-0.2, -0.15) is 0 Å². The van der Waals surface area contributed by atoms with Gasteiger partial charge in [0.25, 0.3) is 0 Å². The molecule has 1 aliphatic heterocycles. The Morgan fingerprint density at radius 2 is 1.79 bits per heavy atom. The van der Waals surface area contributed by atoms with Gasteiger partial charge in [-0.25, -0.2) is 0 Å². The van der Waals surface area contributed by atoms with Crippen molar-refractivity contribution in [3.8, 4) is 5.75 Å². The van der Waals surface area contributed by atoms with Gasteiger partial charge < -0.3 is 20.3 Å². The van der Waals surface area contributed by atoms with Crippen LogP contribution in [0.15, 0.2) is 29.3 Å². The number of hydrogen-bond donors (Lipinski definition) is 2. The smallest absolute Gasteiger partial charge is 0.191 e. The molecular weight excluding hydrogens is 477 g/mol. The minimum Gasteiger partial charge on any atom is -0.497 e. The summed E-state index contributed by atoms with van der Waals surface area (Å²) >= 11 is 0. The lowest BCUT2D eigenvalue weighted by molar-refractivity contribution is 0.204. The van der Waals surface area contributed by atoms with Crippen molar-refractivity contribution < 1.29 is 4.74 Å². The minimum absolute atomic E-state index is 0. The molecular formula is C22H40IN5O. The maximum Gasteiger partial charge on any atom is 0.191 e.